The van der Waals surface area contributed by atoms with E-state index in [1.165, 1.54) is 17.0 Å². The number of aryl methyl sites for hydroxylation is 1. The lowest BCUT2D eigenvalue weighted by Gasteiger charge is -2.32. The molecule has 4 aromatic rings. The summed E-state index contributed by atoms with van der Waals surface area (Å²) < 4.78 is 35.1. The van der Waals surface area contributed by atoms with Crippen LogP contribution in [0.3, 0.4) is 0 Å². The number of amides is 2. The van der Waals surface area contributed by atoms with Gasteiger partial charge < -0.3 is 15.0 Å². The third-order valence-corrected chi connectivity index (χ3v) is 8.86. The summed E-state index contributed by atoms with van der Waals surface area (Å²) in [6, 6.07) is 31.0. The van der Waals surface area contributed by atoms with Gasteiger partial charge in [0.2, 0.25) is 11.8 Å². The van der Waals surface area contributed by atoms with E-state index in [4.69, 9.17) is 4.74 Å². The number of ether oxygens (including phenoxy) is 1. The first-order chi connectivity index (χ1) is 21.0. The van der Waals surface area contributed by atoms with Crippen LogP contribution < -0.4 is 14.4 Å². The van der Waals surface area contributed by atoms with Crippen LogP contribution >= 0.6 is 0 Å². The van der Waals surface area contributed by atoms with E-state index in [0.29, 0.717) is 23.6 Å². The summed E-state index contributed by atoms with van der Waals surface area (Å²) in [7, 11) is -4.16. The molecule has 0 spiro atoms. The lowest BCUT2D eigenvalue weighted by Crippen LogP contribution is -2.53. The molecule has 0 bridgehead atoms. The average Bonchev–Trinajstić information content (AvgIpc) is 3.01. The summed E-state index contributed by atoms with van der Waals surface area (Å²) in [5.41, 5.74) is 2.20. The van der Waals surface area contributed by atoms with Crippen LogP contribution in [0.2, 0.25) is 0 Å². The number of hydrogen-bond donors (Lipinski definition) is 1. The lowest BCUT2D eigenvalue weighted by atomic mass is 10.1. The molecule has 0 aliphatic rings. The Morgan fingerprint density at radius 3 is 1.93 bits per heavy atom. The van der Waals surface area contributed by atoms with Gasteiger partial charge in [-0.25, -0.2) is 8.42 Å². The summed E-state index contributed by atoms with van der Waals surface area (Å²) in [6.45, 7) is 6.97. The highest BCUT2D eigenvalue weighted by Crippen LogP contribution is 2.28. The Labute approximate surface area is 260 Å². The third-order valence-electron chi connectivity index (χ3n) is 7.07. The normalized spacial score (nSPS) is 11.9. The minimum atomic E-state index is -4.16. The molecule has 0 unspecified atom stereocenters. The molecule has 9 heteroatoms. The number of para-hydroxylation sites is 1. The van der Waals surface area contributed by atoms with Crippen LogP contribution in [0, 0.1) is 6.92 Å². The number of carbonyl (C=O) groups excluding carboxylic acids is 2. The third kappa shape index (κ3) is 8.48. The molecule has 0 aromatic heterocycles. The van der Waals surface area contributed by atoms with Gasteiger partial charge in [-0.05, 0) is 88.2 Å². The van der Waals surface area contributed by atoms with Gasteiger partial charge in [0.1, 0.15) is 24.1 Å². The SMILES string of the molecule is Cc1ccc(S(=O)(=O)N(CC(=O)N(CCc2ccccc2)[C@@H](C)C(=O)NC(C)C)c2ccc(Oc3ccccc3)cc2)cc1. The van der Waals surface area contributed by atoms with Crippen molar-refractivity contribution in [3.63, 3.8) is 0 Å². The fourth-order valence-electron chi connectivity index (χ4n) is 4.65. The van der Waals surface area contributed by atoms with Crippen molar-refractivity contribution in [2.75, 3.05) is 17.4 Å². The van der Waals surface area contributed by atoms with Crippen molar-refractivity contribution in [2.24, 2.45) is 0 Å². The highest BCUT2D eigenvalue weighted by Gasteiger charge is 2.32. The maximum absolute atomic E-state index is 14.1. The predicted octanol–water partition coefficient (Wildman–Crippen LogP) is 5.97. The van der Waals surface area contributed by atoms with Crippen molar-refractivity contribution < 1.29 is 22.7 Å². The van der Waals surface area contributed by atoms with Gasteiger partial charge in [-0.3, -0.25) is 13.9 Å². The maximum Gasteiger partial charge on any atom is 0.264 e. The van der Waals surface area contributed by atoms with E-state index in [1.807, 2.05) is 81.4 Å². The molecule has 0 aliphatic heterocycles. The summed E-state index contributed by atoms with van der Waals surface area (Å²) in [5, 5.41) is 2.87. The second-order valence-corrected chi connectivity index (χ2v) is 12.8. The van der Waals surface area contributed by atoms with Crippen LogP contribution in [-0.2, 0) is 26.0 Å². The van der Waals surface area contributed by atoms with Gasteiger partial charge in [0, 0.05) is 12.6 Å². The molecule has 0 saturated heterocycles. The molecule has 1 N–H and O–H groups in total. The van der Waals surface area contributed by atoms with E-state index in [9.17, 15) is 18.0 Å². The fraction of sp³-hybridized carbons (Fsp3) is 0.257. The predicted molar refractivity (Wildman–Crippen MR) is 173 cm³/mol. The van der Waals surface area contributed by atoms with E-state index in [1.54, 1.807) is 43.3 Å². The number of sulfonamides is 1. The first-order valence-corrected chi connectivity index (χ1v) is 16.0. The van der Waals surface area contributed by atoms with Gasteiger partial charge >= 0.3 is 0 Å². The van der Waals surface area contributed by atoms with Crippen molar-refractivity contribution >= 4 is 27.5 Å². The molecule has 0 heterocycles. The quantitative estimate of drug-likeness (QED) is 0.201. The van der Waals surface area contributed by atoms with E-state index in [0.717, 1.165) is 15.4 Å². The molecule has 4 rings (SSSR count). The van der Waals surface area contributed by atoms with Crippen LogP contribution in [0.25, 0.3) is 0 Å². The Morgan fingerprint density at radius 2 is 1.34 bits per heavy atom. The van der Waals surface area contributed by atoms with Crippen molar-refractivity contribution in [1.29, 1.82) is 0 Å². The van der Waals surface area contributed by atoms with Crippen molar-refractivity contribution in [3.8, 4) is 11.5 Å². The number of anilines is 1. The van der Waals surface area contributed by atoms with Gasteiger partial charge in [-0.15, -0.1) is 0 Å². The first kappa shape index (κ1) is 32.3. The molecule has 4 aromatic carbocycles. The summed E-state index contributed by atoms with van der Waals surface area (Å²) >= 11 is 0. The monoisotopic (exact) mass is 613 g/mol. The Balaban J connectivity index is 1.67. The summed E-state index contributed by atoms with van der Waals surface area (Å²) in [4.78, 5) is 28.6. The Morgan fingerprint density at radius 1 is 0.773 bits per heavy atom. The lowest BCUT2D eigenvalue weighted by molar-refractivity contribution is -0.139. The molecule has 44 heavy (non-hydrogen) atoms. The van der Waals surface area contributed by atoms with Crippen molar-refractivity contribution in [3.05, 3.63) is 120 Å². The molecule has 0 aliphatic carbocycles. The zero-order valence-electron chi connectivity index (χ0n) is 25.5. The number of nitrogens with zero attached hydrogens (tertiary/aromatic N) is 2. The van der Waals surface area contributed by atoms with Crippen LogP contribution in [0.1, 0.15) is 31.9 Å². The van der Waals surface area contributed by atoms with Crippen LogP contribution in [0.5, 0.6) is 11.5 Å². The Hall–Kier alpha value is -4.63. The smallest absolute Gasteiger partial charge is 0.264 e. The van der Waals surface area contributed by atoms with Crippen LogP contribution in [-0.4, -0.2) is 50.3 Å². The Kier molecular flexibility index (Phi) is 10.8. The van der Waals surface area contributed by atoms with Gasteiger partial charge in [0.25, 0.3) is 10.0 Å². The standard InChI is InChI=1S/C35H39N3O5S/c1-26(2)36-35(40)28(4)37(24-23-29-11-7-5-8-12-29)34(39)25-38(44(41,42)33-21-15-27(3)16-22-33)30-17-19-32(20-18-30)43-31-13-9-6-10-14-31/h5-22,26,28H,23-25H2,1-4H3,(H,36,40)/t28-/m0/s1. The molecule has 0 fully saturated rings. The molecule has 1 atom stereocenters. The summed E-state index contributed by atoms with van der Waals surface area (Å²) in [5.74, 6) is 0.356. The Bertz CT molecular complexity index is 1630. The topological polar surface area (TPSA) is 96.0 Å². The highest BCUT2D eigenvalue weighted by atomic mass is 32.2. The van der Waals surface area contributed by atoms with Gasteiger partial charge in [-0.1, -0.05) is 66.2 Å². The van der Waals surface area contributed by atoms with E-state index in [2.05, 4.69) is 5.32 Å². The second kappa shape index (κ2) is 14.7. The average molecular weight is 614 g/mol. The van der Waals surface area contributed by atoms with E-state index < -0.39 is 28.5 Å². The van der Waals surface area contributed by atoms with Gasteiger partial charge in [0.05, 0.1) is 10.6 Å². The minimum Gasteiger partial charge on any atom is -0.457 e. The molecule has 0 saturated carbocycles. The largest absolute Gasteiger partial charge is 0.457 e. The molecule has 2 amide bonds. The number of rotatable bonds is 13. The second-order valence-electron chi connectivity index (χ2n) is 10.9. The first-order valence-electron chi connectivity index (χ1n) is 14.6. The van der Waals surface area contributed by atoms with E-state index in [-0.39, 0.29) is 23.4 Å². The number of carbonyl (C=O) groups is 2. The zero-order chi connectivity index (χ0) is 31.7. The van der Waals surface area contributed by atoms with Gasteiger partial charge in [0.15, 0.2) is 0 Å². The summed E-state index contributed by atoms with van der Waals surface area (Å²) in [6.07, 6.45) is 0.502. The molecule has 0 radical (unpaired) electrons. The number of benzene rings is 4. The van der Waals surface area contributed by atoms with Gasteiger partial charge in [-0.2, -0.15) is 0 Å². The molecule has 230 valence electrons. The molecule has 8 nitrogen and oxygen atoms in total. The van der Waals surface area contributed by atoms with Crippen LogP contribution in [0.15, 0.2) is 114 Å². The van der Waals surface area contributed by atoms with Crippen LogP contribution in [0.4, 0.5) is 5.69 Å². The highest BCUT2D eigenvalue weighted by molar-refractivity contribution is 7.92. The molecular weight excluding hydrogens is 574 g/mol. The van der Waals surface area contributed by atoms with E-state index >= 15 is 0 Å². The fourth-order valence-corrected chi connectivity index (χ4v) is 6.06. The number of nitrogens with one attached hydrogen (secondary N) is 1. The zero-order valence-corrected chi connectivity index (χ0v) is 26.3. The number of hydrogen-bond acceptors (Lipinski definition) is 5. The van der Waals surface area contributed by atoms with Crippen molar-refractivity contribution in [1.82, 2.24) is 10.2 Å². The van der Waals surface area contributed by atoms with Crippen molar-refractivity contribution in [2.45, 2.75) is 51.1 Å². The minimum absolute atomic E-state index is 0.0574. The maximum atomic E-state index is 14.1. The molecular formula is C35H39N3O5S.